The number of rotatable bonds is 3. The number of amides is 2. The molecule has 1 aromatic carbocycles. The van der Waals surface area contributed by atoms with Crippen molar-refractivity contribution in [1.82, 2.24) is 10.6 Å². The molecule has 1 aliphatic heterocycles. The molecule has 0 aromatic heterocycles. The lowest BCUT2D eigenvalue weighted by atomic mass is 9.96. The van der Waals surface area contributed by atoms with Crippen molar-refractivity contribution in [2.45, 2.75) is 44.1 Å². The van der Waals surface area contributed by atoms with Crippen LogP contribution < -0.4 is 15.4 Å². The summed E-state index contributed by atoms with van der Waals surface area (Å²) in [6.07, 6.45) is 5.99. The van der Waals surface area contributed by atoms with Crippen molar-refractivity contribution in [3.8, 4) is 5.75 Å². The zero-order valence-corrected chi connectivity index (χ0v) is 11.7. The highest BCUT2D eigenvalue weighted by Crippen LogP contribution is 2.32. The van der Waals surface area contributed by atoms with Crippen molar-refractivity contribution < 1.29 is 9.53 Å². The van der Waals surface area contributed by atoms with E-state index in [-0.39, 0.29) is 11.9 Å². The molecule has 0 spiro atoms. The normalized spacial score (nSPS) is 21.9. The van der Waals surface area contributed by atoms with E-state index >= 15 is 0 Å². The molecule has 1 atom stereocenters. The van der Waals surface area contributed by atoms with Gasteiger partial charge in [0.05, 0.1) is 6.61 Å². The van der Waals surface area contributed by atoms with Crippen LogP contribution in [0, 0.1) is 0 Å². The first-order chi connectivity index (χ1) is 9.83. The van der Waals surface area contributed by atoms with Crippen LogP contribution >= 0.6 is 0 Å². The molecule has 1 aliphatic carbocycles. The first kappa shape index (κ1) is 13.3. The zero-order valence-electron chi connectivity index (χ0n) is 11.7. The SMILES string of the molecule is O=C(NCC1COc2ccccc21)NC1CCCCC1. The number of urea groups is 1. The van der Waals surface area contributed by atoms with Crippen LogP contribution in [0.5, 0.6) is 5.75 Å². The minimum atomic E-state index is -0.0405. The summed E-state index contributed by atoms with van der Waals surface area (Å²) < 4.78 is 5.62. The van der Waals surface area contributed by atoms with E-state index in [0.717, 1.165) is 18.6 Å². The van der Waals surface area contributed by atoms with Gasteiger partial charge in [0.1, 0.15) is 5.75 Å². The Kier molecular flexibility index (Phi) is 4.09. The van der Waals surface area contributed by atoms with Crippen molar-refractivity contribution in [1.29, 1.82) is 0 Å². The van der Waals surface area contributed by atoms with Gasteiger partial charge in [0, 0.05) is 24.1 Å². The lowest BCUT2D eigenvalue weighted by Gasteiger charge is -2.23. The van der Waals surface area contributed by atoms with Gasteiger partial charge in [-0.2, -0.15) is 0 Å². The fourth-order valence-electron chi connectivity index (χ4n) is 3.10. The number of carbonyl (C=O) groups excluding carboxylic acids is 1. The first-order valence-electron chi connectivity index (χ1n) is 7.59. The maximum Gasteiger partial charge on any atom is 0.315 e. The van der Waals surface area contributed by atoms with Crippen molar-refractivity contribution >= 4 is 6.03 Å². The molecule has 0 saturated heterocycles. The van der Waals surface area contributed by atoms with Crippen LogP contribution in [0.4, 0.5) is 4.79 Å². The summed E-state index contributed by atoms with van der Waals surface area (Å²) in [5, 5.41) is 6.06. The molecule has 1 fully saturated rings. The van der Waals surface area contributed by atoms with E-state index in [9.17, 15) is 4.79 Å². The summed E-state index contributed by atoms with van der Waals surface area (Å²) in [5.74, 6) is 1.22. The molecule has 2 N–H and O–H groups in total. The predicted octanol–water partition coefficient (Wildman–Crippen LogP) is 2.79. The molecule has 20 heavy (non-hydrogen) atoms. The maximum absolute atomic E-state index is 11.9. The minimum Gasteiger partial charge on any atom is -0.493 e. The number of carbonyl (C=O) groups is 1. The highest BCUT2D eigenvalue weighted by atomic mass is 16.5. The van der Waals surface area contributed by atoms with E-state index in [0.29, 0.717) is 19.2 Å². The predicted molar refractivity (Wildman–Crippen MR) is 78.1 cm³/mol. The van der Waals surface area contributed by atoms with E-state index in [1.165, 1.54) is 24.8 Å². The third-order valence-corrected chi connectivity index (χ3v) is 4.25. The average Bonchev–Trinajstić information content (AvgIpc) is 2.89. The van der Waals surface area contributed by atoms with Crippen molar-refractivity contribution in [2.24, 2.45) is 0 Å². The molecule has 2 amide bonds. The summed E-state index contributed by atoms with van der Waals surface area (Å²) in [6, 6.07) is 8.37. The molecule has 1 saturated carbocycles. The van der Waals surface area contributed by atoms with Crippen LogP contribution in [0.2, 0.25) is 0 Å². The Morgan fingerprint density at radius 1 is 1.20 bits per heavy atom. The molecule has 0 bridgehead atoms. The Hall–Kier alpha value is -1.71. The van der Waals surface area contributed by atoms with Gasteiger partial charge in [0.25, 0.3) is 0 Å². The van der Waals surface area contributed by atoms with E-state index in [2.05, 4.69) is 16.7 Å². The van der Waals surface area contributed by atoms with E-state index < -0.39 is 0 Å². The van der Waals surface area contributed by atoms with E-state index in [1.807, 2.05) is 18.2 Å². The van der Waals surface area contributed by atoms with Crippen LogP contribution in [0.1, 0.15) is 43.6 Å². The molecule has 1 heterocycles. The topological polar surface area (TPSA) is 50.4 Å². The standard InChI is InChI=1S/C16H22N2O2/c19-16(18-13-6-2-1-3-7-13)17-10-12-11-20-15-9-5-4-8-14(12)15/h4-5,8-9,12-13H,1-3,6-7,10-11H2,(H2,17,18,19). The summed E-state index contributed by atoms with van der Waals surface area (Å²) >= 11 is 0. The smallest absolute Gasteiger partial charge is 0.315 e. The number of para-hydroxylation sites is 1. The van der Waals surface area contributed by atoms with Crippen molar-refractivity contribution in [3.05, 3.63) is 29.8 Å². The minimum absolute atomic E-state index is 0.0405. The monoisotopic (exact) mass is 274 g/mol. The fraction of sp³-hybridized carbons (Fsp3) is 0.562. The van der Waals surface area contributed by atoms with E-state index in [4.69, 9.17) is 4.74 Å². The van der Waals surface area contributed by atoms with Gasteiger partial charge in [0.15, 0.2) is 0 Å². The second-order valence-electron chi connectivity index (χ2n) is 5.74. The third-order valence-electron chi connectivity index (χ3n) is 4.25. The highest BCUT2D eigenvalue weighted by Gasteiger charge is 2.24. The van der Waals surface area contributed by atoms with Crippen LogP contribution in [-0.2, 0) is 0 Å². The molecule has 3 rings (SSSR count). The quantitative estimate of drug-likeness (QED) is 0.890. The number of fused-ring (bicyclic) bond motifs is 1. The Bertz CT molecular complexity index is 469. The molecule has 4 heteroatoms. The van der Waals surface area contributed by atoms with Crippen LogP contribution in [0.25, 0.3) is 0 Å². The van der Waals surface area contributed by atoms with Crippen LogP contribution in [-0.4, -0.2) is 25.2 Å². The number of benzene rings is 1. The van der Waals surface area contributed by atoms with Gasteiger partial charge in [-0.25, -0.2) is 4.79 Å². The number of hydrogen-bond donors (Lipinski definition) is 2. The largest absolute Gasteiger partial charge is 0.493 e. The molecule has 108 valence electrons. The highest BCUT2D eigenvalue weighted by molar-refractivity contribution is 5.74. The van der Waals surface area contributed by atoms with Crippen molar-refractivity contribution in [2.75, 3.05) is 13.2 Å². The summed E-state index contributed by atoms with van der Waals surface area (Å²) in [4.78, 5) is 11.9. The van der Waals surface area contributed by atoms with Crippen LogP contribution in [0.15, 0.2) is 24.3 Å². The molecule has 0 radical (unpaired) electrons. The Morgan fingerprint density at radius 2 is 2.00 bits per heavy atom. The molecular weight excluding hydrogens is 252 g/mol. The Labute approximate surface area is 119 Å². The van der Waals surface area contributed by atoms with Gasteiger partial charge in [-0.15, -0.1) is 0 Å². The fourth-order valence-corrected chi connectivity index (χ4v) is 3.10. The third kappa shape index (κ3) is 3.06. The lowest BCUT2D eigenvalue weighted by Crippen LogP contribution is -2.44. The molecule has 1 unspecified atom stereocenters. The first-order valence-corrected chi connectivity index (χ1v) is 7.59. The number of ether oxygens (including phenoxy) is 1. The summed E-state index contributed by atoms with van der Waals surface area (Å²) in [7, 11) is 0. The molecular formula is C16H22N2O2. The van der Waals surface area contributed by atoms with Gasteiger partial charge < -0.3 is 15.4 Å². The van der Waals surface area contributed by atoms with Gasteiger partial charge in [-0.3, -0.25) is 0 Å². The molecule has 4 nitrogen and oxygen atoms in total. The van der Waals surface area contributed by atoms with Gasteiger partial charge in [-0.1, -0.05) is 37.5 Å². The Balaban J connectivity index is 1.46. The second kappa shape index (κ2) is 6.16. The van der Waals surface area contributed by atoms with Crippen LogP contribution in [0.3, 0.4) is 0 Å². The Morgan fingerprint density at radius 3 is 2.85 bits per heavy atom. The molecule has 1 aromatic rings. The van der Waals surface area contributed by atoms with Crippen molar-refractivity contribution in [3.63, 3.8) is 0 Å². The maximum atomic E-state index is 11.9. The molecule has 2 aliphatic rings. The second-order valence-corrected chi connectivity index (χ2v) is 5.74. The lowest BCUT2D eigenvalue weighted by molar-refractivity contribution is 0.231. The zero-order chi connectivity index (χ0) is 13.8. The van der Waals surface area contributed by atoms with Gasteiger partial charge >= 0.3 is 6.03 Å². The summed E-state index contributed by atoms with van der Waals surface area (Å²) in [6.45, 7) is 1.29. The van der Waals surface area contributed by atoms with E-state index in [1.54, 1.807) is 0 Å². The number of nitrogens with one attached hydrogen (secondary N) is 2. The van der Waals surface area contributed by atoms with Gasteiger partial charge in [0.2, 0.25) is 0 Å². The average molecular weight is 274 g/mol. The van der Waals surface area contributed by atoms with Gasteiger partial charge in [-0.05, 0) is 18.9 Å². The number of hydrogen-bond acceptors (Lipinski definition) is 2. The summed E-state index contributed by atoms with van der Waals surface area (Å²) in [5.41, 5.74) is 1.20.